The van der Waals surface area contributed by atoms with Crippen LogP contribution in [0.4, 0.5) is 10.5 Å². The highest BCUT2D eigenvalue weighted by Crippen LogP contribution is 2.38. The highest BCUT2D eigenvalue weighted by molar-refractivity contribution is 7.91. The maximum atomic E-state index is 12.8. The van der Waals surface area contributed by atoms with Gasteiger partial charge >= 0.3 is 6.03 Å². The number of benzene rings is 1. The lowest BCUT2D eigenvalue weighted by atomic mass is 9.94. The molecular weight excluding hydrogens is 456 g/mol. The zero-order valence-electron chi connectivity index (χ0n) is 17.4. The summed E-state index contributed by atoms with van der Waals surface area (Å²) >= 11 is 6.08. The number of furan rings is 1. The summed E-state index contributed by atoms with van der Waals surface area (Å²) < 4.78 is 31.1. The smallest absolute Gasteiger partial charge is 0.319 e. The zero-order valence-corrected chi connectivity index (χ0v) is 19.0. The summed E-state index contributed by atoms with van der Waals surface area (Å²) in [6.45, 7) is 0. The van der Waals surface area contributed by atoms with Crippen molar-refractivity contribution in [3.8, 4) is 5.75 Å². The lowest BCUT2D eigenvalue weighted by molar-refractivity contribution is -0.120. The Labute approximate surface area is 191 Å². The number of phenols is 1. The molecule has 0 radical (unpaired) electrons. The summed E-state index contributed by atoms with van der Waals surface area (Å²) in [5, 5.41) is 15.8. The van der Waals surface area contributed by atoms with E-state index >= 15 is 0 Å². The predicted molar refractivity (Wildman–Crippen MR) is 119 cm³/mol. The van der Waals surface area contributed by atoms with Gasteiger partial charge in [0.2, 0.25) is 0 Å². The molecule has 0 spiro atoms. The largest absolute Gasteiger partial charge is 0.504 e. The van der Waals surface area contributed by atoms with Crippen LogP contribution in [0.15, 0.2) is 33.8 Å². The maximum Gasteiger partial charge on any atom is 0.319 e. The Hall–Kier alpha value is -2.52. The summed E-state index contributed by atoms with van der Waals surface area (Å²) in [5.41, 5.74) is 0.972. The fraction of sp³-hybridized carbons (Fsp3) is 0.455. The van der Waals surface area contributed by atoms with E-state index in [0.717, 1.165) is 31.2 Å². The number of rotatable bonds is 8. The van der Waals surface area contributed by atoms with E-state index in [1.54, 1.807) is 6.26 Å². The van der Waals surface area contributed by atoms with Gasteiger partial charge in [0, 0.05) is 12.3 Å². The van der Waals surface area contributed by atoms with Gasteiger partial charge in [-0.05, 0) is 62.3 Å². The molecule has 2 amide bonds. The van der Waals surface area contributed by atoms with E-state index in [2.05, 4.69) is 10.6 Å². The number of hydrogen-bond donors (Lipinski definition) is 3. The van der Waals surface area contributed by atoms with Gasteiger partial charge in [0.15, 0.2) is 15.6 Å². The minimum atomic E-state index is -3.96. The summed E-state index contributed by atoms with van der Waals surface area (Å²) in [4.78, 5) is 23.9. The number of fused-ring (bicyclic) bond motifs is 1. The van der Waals surface area contributed by atoms with Crippen molar-refractivity contribution in [1.82, 2.24) is 5.32 Å². The average Bonchev–Trinajstić information content (AvgIpc) is 3.47. The molecule has 4 rings (SSSR count). The summed E-state index contributed by atoms with van der Waals surface area (Å²) in [7, 11) is -3.96. The lowest BCUT2D eigenvalue weighted by Crippen LogP contribution is -2.34. The fourth-order valence-electron chi connectivity index (χ4n) is 4.03. The summed E-state index contributed by atoms with van der Waals surface area (Å²) in [6, 6.07) is 3.61. The van der Waals surface area contributed by atoms with Crippen molar-refractivity contribution in [2.45, 2.75) is 55.9 Å². The molecule has 1 fully saturated rings. The van der Waals surface area contributed by atoms with E-state index < -0.39 is 26.5 Å². The molecule has 172 valence electrons. The van der Waals surface area contributed by atoms with Crippen LogP contribution in [0.25, 0.3) is 0 Å². The molecule has 1 saturated carbocycles. The van der Waals surface area contributed by atoms with Gasteiger partial charge in [-0.3, -0.25) is 4.79 Å². The predicted octanol–water partition coefficient (Wildman–Crippen LogP) is 4.37. The first-order valence-electron chi connectivity index (χ1n) is 10.7. The average molecular weight is 481 g/mol. The van der Waals surface area contributed by atoms with Crippen LogP contribution in [0, 0.1) is 5.92 Å². The van der Waals surface area contributed by atoms with E-state index in [4.69, 9.17) is 16.0 Å². The molecule has 1 atom stereocenters. The van der Waals surface area contributed by atoms with Crippen LogP contribution < -0.4 is 10.6 Å². The van der Waals surface area contributed by atoms with Crippen LogP contribution in [0.5, 0.6) is 5.75 Å². The number of anilines is 1. The molecular formula is C22H25ClN2O6S. The molecule has 0 bridgehead atoms. The van der Waals surface area contributed by atoms with Crippen molar-refractivity contribution < 1.29 is 27.5 Å². The van der Waals surface area contributed by atoms with Gasteiger partial charge in [-0.2, -0.15) is 0 Å². The molecule has 8 nitrogen and oxygen atoms in total. The molecule has 2 aliphatic carbocycles. The first-order valence-corrected chi connectivity index (χ1v) is 12.7. The number of phenolic OH excluding ortho intramolecular Hbond substituents is 1. The number of nitrogens with one attached hydrogen (secondary N) is 2. The zero-order chi connectivity index (χ0) is 22.9. The third kappa shape index (κ3) is 4.94. The fourth-order valence-corrected chi connectivity index (χ4v) is 6.04. The number of ketones is 1. The van der Waals surface area contributed by atoms with Crippen LogP contribution in [0.1, 0.15) is 55.9 Å². The monoisotopic (exact) mass is 480 g/mol. The minimum Gasteiger partial charge on any atom is -0.504 e. The molecule has 0 saturated heterocycles. The Morgan fingerprint density at radius 2 is 1.97 bits per heavy atom. The van der Waals surface area contributed by atoms with Gasteiger partial charge < -0.3 is 20.2 Å². The summed E-state index contributed by atoms with van der Waals surface area (Å²) in [6.07, 6.45) is 6.15. The topological polar surface area (TPSA) is 126 Å². The third-order valence-electron chi connectivity index (χ3n) is 5.85. The summed E-state index contributed by atoms with van der Waals surface area (Å²) in [5.74, 6) is -0.0935. The van der Waals surface area contributed by atoms with E-state index in [0.29, 0.717) is 12.2 Å². The van der Waals surface area contributed by atoms with Crippen LogP contribution in [-0.4, -0.2) is 31.1 Å². The van der Waals surface area contributed by atoms with Gasteiger partial charge in [0.25, 0.3) is 0 Å². The van der Waals surface area contributed by atoms with Crippen molar-refractivity contribution in [2.75, 3.05) is 11.1 Å². The van der Waals surface area contributed by atoms with Gasteiger partial charge in [-0.15, -0.1) is 0 Å². The van der Waals surface area contributed by atoms with Gasteiger partial charge in [-0.1, -0.05) is 11.6 Å². The minimum absolute atomic E-state index is 0.0714. The highest BCUT2D eigenvalue weighted by atomic mass is 35.5. The highest BCUT2D eigenvalue weighted by Gasteiger charge is 2.30. The number of urea groups is 1. The van der Waals surface area contributed by atoms with Crippen molar-refractivity contribution in [2.24, 2.45) is 5.92 Å². The van der Waals surface area contributed by atoms with E-state index in [-0.39, 0.29) is 47.0 Å². The number of aryl methyl sites for hydroxylation is 1. The first kappa shape index (κ1) is 22.7. The number of hydrogen-bond acceptors (Lipinski definition) is 6. The molecule has 1 aromatic carbocycles. The molecule has 0 aliphatic heterocycles. The second-order valence-electron chi connectivity index (χ2n) is 8.29. The van der Waals surface area contributed by atoms with Crippen molar-refractivity contribution >= 4 is 38.9 Å². The first-order chi connectivity index (χ1) is 15.3. The number of aromatic hydroxyl groups is 1. The normalized spacial score (nSPS) is 18.1. The second kappa shape index (κ2) is 9.15. The van der Waals surface area contributed by atoms with Crippen LogP contribution >= 0.6 is 11.6 Å². The molecule has 1 aromatic heterocycles. The SMILES string of the molecule is O=C(Nc1ccc(Cl)c(S(=O)(=O)CCCC(=O)C2CC2)c1O)N[C@@H]1CCCc2ccoc21. The van der Waals surface area contributed by atoms with Gasteiger partial charge in [-0.25, -0.2) is 13.2 Å². The van der Waals surface area contributed by atoms with E-state index in [1.807, 2.05) is 6.07 Å². The number of sulfone groups is 1. The Kier molecular flexibility index (Phi) is 6.48. The number of carbonyl (C=O) groups excluding carboxylic acids is 2. The van der Waals surface area contributed by atoms with Crippen molar-refractivity contribution in [3.05, 3.63) is 40.8 Å². The molecule has 2 aliphatic rings. The molecule has 32 heavy (non-hydrogen) atoms. The van der Waals surface area contributed by atoms with Gasteiger partial charge in [0.1, 0.15) is 16.4 Å². The number of Topliss-reactive ketones (excluding diaryl/α,β-unsaturated/α-hetero) is 1. The lowest BCUT2D eigenvalue weighted by Gasteiger charge is -2.22. The van der Waals surface area contributed by atoms with Crippen LogP contribution in [-0.2, 0) is 21.1 Å². The molecule has 0 unspecified atom stereocenters. The Morgan fingerprint density at radius 1 is 1.19 bits per heavy atom. The number of carbonyl (C=O) groups is 2. The van der Waals surface area contributed by atoms with E-state index in [9.17, 15) is 23.1 Å². The van der Waals surface area contributed by atoms with Gasteiger partial charge in [0.05, 0.1) is 28.8 Å². The number of halogens is 1. The molecule has 3 N–H and O–H groups in total. The van der Waals surface area contributed by atoms with Crippen LogP contribution in [0.2, 0.25) is 5.02 Å². The second-order valence-corrected chi connectivity index (χ2v) is 10.7. The van der Waals surface area contributed by atoms with Crippen LogP contribution in [0.3, 0.4) is 0 Å². The standard InChI is InChI=1S/C22H25ClN2O6S/c23-15-8-9-16(24-22(28)25-17-4-1-3-14-10-11-31-20(14)17)19(27)21(15)32(29,30)12-2-5-18(26)13-6-7-13/h8-11,13,17,27H,1-7,12H2,(H2,24,25,28)/t17-/m1/s1. The quantitative estimate of drug-likeness (QED) is 0.481. The Morgan fingerprint density at radius 3 is 2.72 bits per heavy atom. The molecule has 2 aromatic rings. The van der Waals surface area contributed by atoms with E-state index in [1.165, 1.54) is 12.1 Å². The Bertz CT molecular complexity index is 1140. The third-order valence-corrected chi connectivity index (χ3v) is 8.14. The van der Waals surface area contributed by atoms with Crippen molar-refractivity contribution in [3.63, 3.8) is 0 Å². The molecule has 10 heteroatoms. The molecule has 1 heterocycles. The maximum absolute atomic E-state index is 12.8. The Balaban J connectivity index is 1.44. The van der Waals surface area contributed by atoms with Crippen molar-refractivity contribution in [1.29, 1.82) is 0 Å². The number of amides is 2.